The fourth-order valence-electron chi connectivity index (χ4n) is 1.07. The van der Waals surface area contributed by atoms with Crippen LogP contribution in [-0.4, -0.2) is 36.2 Å². The third kappa shape index (κ3) is 2.79. The largest absolute Gasteiger partial charge is 0.392 e. The minimum Gasteiger partial charge on any atom is -0.392 e. The molecular formula is C8H16N2O2. The minimum absolute atomic E-state index is 0.131. The fourth-order valence-corrected chi connectivity index (χ4v) is 1.07. The van der Waals surface area contributed by atoms with Gasteiger partial charge in [0.1, 0.15) is 0 Å². The summed E-state index contributed by atoms with van der Waals surface area (Å²) in [5.74, 6) is 0. The Labute approximate surface area is 72.6 Å². The van der Waals surface area contributed by atoms with Crippen molar-refractivity contribution >= 4 is 5.71 Å². The molecule has 0 spiro atoms. The maximum absolute atomic E-state index is 8.93. The molecule has 0 radical (unpaired) electrons. The quantitative estimate of drug-likeness (QED) is 0.595. The molecule has 0 aliphatic carbocycles. The molecule has 12 heavy (non-hydrogen) atoms. The van der Waals surface area contributed by atoms with E-state index in [4.69, 9.17) is 9.84 Å². The van der Waals surface area contributed by atoms with Crippen molar-refractivity contribution in [1.82, 2.24) is 5.43 Å². The van der Waals surface area contributed by atoms with Gasteiger partial charge in [-0.3, -0.25) is 0 Å². The van der Waals surface area contributed by atoms with Crippen LogP contribution in [0.1, 0.15) is 20.3 Å². The number of nitrogens with zero attached hydrogens (tertiary/aromatic N) is 1. The Morgan fingerprint density at radius 2 is 2.58 bits per heavy atom. The van der Waals surface area contributed by atoms with Gasteiger partial charge in [0, 0.05) is 6.42 Å². The van der Waals surface area contributed by atoms with E-state index >= 15 is 0 Å². The van der Waals surface area contributed by atoms with Gasteiger partial charge < -0.3 is 15.3 Å². The highest BCUT2D eigenvalue weighted by Crippen LogP contribution is 2.07. The summed E-state index contributed by atoms with van der Waals surface area (Å²) in [5.41, 5.74) is 3.85. The summed E-state index contributed by atoms with van der Waals surface area (Å²) >= 11 is 0. The summed E-state index contributed by atoms with van der Waals surface area (Å²) in [5, 5.41) is 13.1. The van der Waals surface area contributed by atoms with Crippen LogP contribution in [0.2, 0.25) is 0 Å². The van der Waals surface area contributed by atoms with Gasteiger partial charge in [-0.25, -0.2) is 0 Å². The highest BCUT2D eigenvalue weighted by atomic mass is 16.5. The molecule has 0 amide bonds. The van der Waals surface area contributed by atoms with Gasteiger partial charge >= 0.3 is 0 Å². The molecule has 1 heterocycles. The zero-order chi connectivity index (χ0) is 8.97. The van der Waals surface area contributed by atoms with Gasteiger partial charge in [-0.1, -0.05) is 0 Å². The average molecular weight is 172 g/mol. The molecule has 4 nitrogen and oxygen atoms in total. The predicted molar refractivity (Wildman–Crippen MR) is 47.1 cm³/mol. The molecule has 1 aliphatic rings. The molecule has 2 atom stereocenters. The predicted octanol–water partition coefficient (Wildman–Crippen LogP) is 0.122. The van der Waals surface area contributed by atoms with Crippen molar-refractivity contribution in [3.63, 3.8) is 0 Å². The van der Waals surface area contributed by atoms with Crippen LogP contribution in [0.5, 0.6) is 0 Å². The molecule has 1 saturated heterocycles. The van der Waals surface area contributed by atoms with Crippen LogP contribution in [0, 0.1) is 0 Å². The normalized spacial score (nSPS) is 29.2. The van der Waals surface area contributed by atoms with E-state index in [1.165, 1.54) is 0 Å². The van der Waals surface area contributed by atoms with E-state index in [1.54, 1.807) is 6.92 Å². The zero-order valence-electron chi connectivity index (χ0n) is 7.58. The number of hydrogen-bond donors (Lipinski definition) is 2. The number of rotatable bonds is 3. The van der Waals surface area contributed by atoms with Crippen LogP contribution in [0.3, 0.4) is 0 Å². The molecule has 2 N–H and O–H groups in total. The fraction of sp³-hybridized carbons (Fsp3) is 0.875. The summed E-state index contributed by atoms with van der Waals surface area (Å²) in [6.07, 6.45) is 0.673. The Kier molecular flexibility index (Phi) is 3.49. The van der Waals surface area contributed by atoms with Crippen molar-refractivity contribution in [3.05, 3.63) is 0 Å². The molecular weight excluding hydrogens is 156 g/mol. The second-order valence-corrected chi connectivity index (χ2v) is 3.08. The number of ether oxygens (including phenoxy) is 1. The summed E-state index contributed by atoms with van der Waals surface area (Å²) in [6, 6.07) is 0. The molecule has 1 rings (SSSR count). The maximum atomic E-state index is 8.93. The first kappa shape index (κ1) is 9.48. The standard InChI is InChI=1S/C8H16N2O2/c1-6(11)5-9-10-8-3-4-12-7(8)2/h6-7,9,11H,3-5H2,1-2H3/b10-8+. The number of hydrazone groups is 1. The SMILES string of the molecule is CC(O)CN/N=C1\CCOC1C. The van der Waals surface area contributed by atoms with Crippen LogP contribution in [0.15, 0.2) is 5.10 Å². The lowest BCUT2D eigenvalue weighted by molar-refractivity contribution is 0.145. The first-order chi connectivity index (χ1) is 5.70. The first-order valence-corrected chi connectivity index (χ1v) is 4.29. The Morgan fingerprint density at radius 1 is 1.83 bits per heavy atom. The second-order valence-electron chi connectivity index (χ2n) is 3.08. The van der Waals surface area contributed by atoms with Gasteiger partial charge in [0.25, 0.3) is 0 Å². The monoisotopic (exact) mass is 172 g/mol. The number of nitrogens with one attached hydrogen (secondary N) is 1. The van der Waals surface area contributed by atoms with Crippen LogP contribution in [0.4, 0.5) is 0 Å². The third-order valence-electron chi connectivity index (χ3n) is 1.80. The summed E-state index contributed by atoms with van der Waals surface area (Å²) in [6.45, 7) is 4.96. The number of aliphatic hydroxyl groups is 1. The lowest BCUT2D eigenvalue weighted by Crippen LogP contribution is -2.23. The van der Waals surface area contributed by atoms with Crippen LogP contribution < -0.4 is 5.43 Å². The molecule has 0 saturated carbocycles. The lowest BCUT2D eigenvalue weighted by atomic mass is 10.2. The van der Waals surface area contributed by atoms with E-state index < -0.39 is 0 Å². The molecule has 4 heteroatoms. The third-order valence-corrected chi connectivity index (χ3v) is 1.80. The van der Waals surface area contributed by atoms with E-state index in [2.05, 4.69) is 10.5 Å². The van der Waals surface area contributed by atoms with Gasteiger partial charge in [-0.2, -0.15) is 5.10 Å². The van der Waals surface area contributed by atoms with E-state index in [9.17, 15) is 0 Å². The molecule has 2 unspecified atom stereocenters. The Balaban J connectivity index is 2.26. The molecule has 1 aliphatic heterocycles. The van der Waals surface area contributed by atoms with Crippen molar-refractivity contribution in [2.75, 3.05) is 13.2 Å². The molecule has 1 fully saturated rings. The van der Waals surface area contributed by atoms with E-state index in [-0.39, 0.29) is 12.2 Å². The molecule has 0 aromatic heterocycles. The molecule has 70 valence electrons. The zero-order valence-corrected chi connectivity index (χ0v) is 7.58. The van der Waals surface area contributed by atoms with Gasteiger partial charge in [0.05, 0.1) is 31.1 Å². The highest BCUT2D eigenvalue weighted by Gasteiger charge is 2.17. The topological polar surface area (TPSA) is 53.8 Å². The minimum atomic E-state index is -0.355. The van der Waals surface area contributed by atoms with Gasteiger partial charge in [-0.05, 0) is 13.8 Å². The van der Waals surface area contributed by atoms with Gasteiger partial charge in [-0.15, -0.1) is 0 Å². The van der Waals surface area contributed by atoms with Crippen molar-refractivity contribution < 1.29 is 9.84 Å². The first-order valence-electron chi connectivity index (χ1n) is 4.29. The van der Waals surface area contributed by atoms with E-state index in [1.807, 2.05) is 6.92 Å². The Bertz CT molecular complexity index is 168. The average Bonchev–Trinajstić information content (AvgIpc) is 2.36. The summed E-state index contributed by atoms with van der Waals surface area (Å²) in [4.78, 5) is 0. The van der Waals surface area contributed by atoms with Crippen molar-refractivity contribution in [2.45, 2.75) is 32.5 Å². The van der Waals surface area contributed by atoms with Crippen molar-refractivity contribution in [3.8, 4) is 0 Å². The van der Waals surface area contributed by atoms with E-state index in [0.717, 1.165) is 18.7 Å². The maximum Gasteiger partial charge on any atom is 0.0946 e. The van der Waals surface area contributed by atoms with Crippen molar-refractivity contribution in [1.29, 1.82) is 0 Å². The molecule has 0 aromatic rings. The van der Waals surface area contributed by atoms with Crippen LogP contribution in [-0.2, 0) is 4.74 Å². The number of aliphatic hydroxyl groups excluding tert-OH is 1. The smallest absolute Gasteiger partial charge is 0.0946 e. The van der Waals surface area contributed by atoms with Crippen LogP contribution >= 0.6 is 0 Å². The second kappa shape index (κ2) is 4.42. The highest BCUT2D eigenvalue weighted by molar-refractivity contribution is 5.89. The summed E-state index contributed by atoms with van der Waals surface area (Å²) < 4.78 is 5.29. The Hall–Kier alpha value is -0.610. The molecule has 0 aromatic carbocycles. The summed E-state index contributed by atoms with van der Waals surface area (Å²) in [7, 11) is 0. The van der Waals surface area contributed by atoms with Crippen molar-refractivity contribution in [2.24, 2.45) is 5.10 Å². The number of hydrogen-bond acceptors (Lipinski definition) is 4. The Morgan fingerprint density at radius 3 is 3.08 bits per heavy atom. The van der Waals surface area contributed by atoms with E-state index in [0.29, 0.717) is 6.54 Å². The van der Waals surface area contributed by atoms with Gasteiger partial charge in [0.2, 0.25) is 0 Å². The molecule has 0 bridgehead atoms. The lowest BCUT2D eigenvalue weighted by Gasteiger charge is -2.05. The van der Waals surface area contributed by atoms with Gasteiger partial charge in [0.15, 0.2) is 0 Å². The van der Waals surface area contributed by atoms with Crippen LogP contribution in [0.25, 0.3) is 0 Å².